The second-order valence-electron chi connectivity index (χ2n) is 4.95. The summed E-state index contributed by atoms with van der Waals surface area (Å²) >= 11 is 0. The Bertz CT molecular complexity index is 463. The Balaban J connectivity index is 2.32. The highest BCUT2D eigenvalue weighted by molar-refractivity contribution is 5.59. The maximum atomic E-state index is 5.59. The molecule has 0 saturated heterocycles. The van der Waals surface area contributed by atoms with Gasteiger partial charge in [0.25, 0.3) is 0 Å². The van der Waals surface area contributed by atoms with Gasteiger partial charge >= 0.3 is 0 Å². The van der Waals surface area contributed by atoms with Crippen LogP contribution in [-0.4, -0.2) is 45.9 Å². The van der Waals surface area contributed by atoms with E-state index >= 15 is 0 Å². The molecule has 0 unspecified atom stereocenters. The molecule has 1 aliphatic heterocycles. The summed E-state index contributed by atoms with van der Waals surface area (Å²) in [6.07, 6.45) is 1.99. The van der Waals surface area contributed by atoms with Gasteiger partial charge in [0.2, 0.25) is 5.75 Å². The number of hydrogen-bond acceptors (Lipinski definition) is 5. The third kappa shape index (κ3) is 2.83. The van der Waals surface area contributed by atoms with Gasteiger partial charge in [-0.2, -0.15) is 0 Å². The molecule has 0 spiro atoms. The lowest BCUT2D eigenvalue weighted by Crippen LogP contribution is -2.32. The van der Waals surface area contributed by atoms with E-state index < -0.39 is 0 Å². The van der Waals surface area contributed by atoms with Gasteiger partial charge in [0, 0.05) is 18.7 Å². The largest absolute Gasteiger partial charge is 0.493 e. The lowest BCUT2D eigenvalue weighted by atomic mass is 9.97. The number of nitrogens with two attached hydrogens (primary N) is 1. The van der Waals surface area contributed by atoms with Crippen LogP contribution in [-0.2, 0) is 13.0 Å². The molecule has 1 aliphatic rings. The van der Waals surface area contributed by atoms with Crippen LogP contribution in [0.2, 0.25) is 0 Å². The molecule has 0 radical (unpaired) electrons. The van der Waals surface area contributed by atoms with Crippen LogP contribution < -0.4 is 19.9 Å². The van der Waals surface area contributed by atoms with E-state index in [-0.39, 0.29) is 0 Å². The molecule has 1 aromatic rings. The van der Waals surface area contributed by atoms with Gasteiger partial charge in [-0.15, -0.1) is 0 Å². The van der Waals surface area contributed by atoms with E-state index in [1.165, 1.54) is 11.1 Å². The van der Waals surface area contributed by atoms with E-state index in [0.29, 0.717) is 5.75 Å². The minimum absolute atomic E-state index is 0.684. The average molecular weight is 280 g/mol. The first-order valence-electron chi connectivity index (χ1n) is 6.98. The fourth-order valence-corrected chi connectivity index (χ4v) is 2.78. The van der Waals surface area contributed by atoms with Crippen LogP contribution in [0.3, 0.4) is 0 Å². The SMILES string of the molecule is COc1cc2c(c(OC)c1OC)CCN(CCCN)C2. The van der Waals surface area contributed by atoms with Crippen molar-refractivity contribution in [2.45, 2.75) is 19.4 Å². The Morgan fingerprint density at radius 2 is 1.90 bits per heavy atom. The number of fused-ring (bicyclic) bond motifs is 1. The summed E-state index contributed by atoms with van der Waals surface area (Å²) in [7, 11) is 4.97. The van der Waals surface area contributed by atoms with Crippen LogP contribution in [0.25, 0.3) is 0 Å². The predicted molar refractivity (Wildman–Crippen MR) is 78.8 cm³/mol. The molecule has 2 rings (SSSR count). The maximum absolute atomic E-state index is 5.59. The van der Waals surface area contributed by atoms with Crippen molar-refractivity contribution >= 4 is 0 Å². The smallest absolute Gasteiger partial charge is 0.203 e. The number of ether oxygens (including phenoxy) is 3. The lowest BCUT2D eigenvalue weighted by molar-refractivity contribution is 0.246. The van der Waals surface area contributed by atoms with Crippen molar-refractivity contribution in [2.24, 2.45) is 5.73 Å². The first-order valence-corrected chi connectivity index (χ1v) is 6.98. The second-order valence-corrected chi connectivity index (χ2v) is 4.95. The van der Waals surface area contributed by atoms with E-state index in [0.717, 1.165) is 50.5 Å². The van der Waals surface area contributed by atoms with Crippen molar-refractivity contribution in [3.63, 3.8) is 0 Å². The molecule has 112 valence electrons. The van der Waals surface area contributed by atoms with Crippen molar-refractivity contribution in [3.8, 4) is 17.2 Å². The van der Waals surface area contributed by atoms with Crippen LogP contribution in [0.1, 0.15) is 17.5 Å². The molecule has 0 amide bonds. The molecular formula is C15H24N2O3. The Morgan fingerprint density at radius 1 is 1.15 bits per heavy atom. The minimum atomic E-state index is 0.684. The summed E-state index contributed by atoms with van der Waals surface area (Å²) < 4.78 is 16.4. The molecular weight excluding hydrogens is 256 g/mol. The fourth-order valence-electron chi connectivity index (χ4n) is 2.78. The van der Waals surface area contributed by atoms with Crippen LogP contribution >= 0.6 is 0 Å². The predicted octanol–water partition coefficient (Wildman–Crippen LogP) is 1.42. The second kappa shape index (κ2) is 6.81. The molecule has 2 N–H and O–H groups in total. The molecule has 1 heterocycles. The molecule has 20 heavy (non-hydrogen) atoms. The summed E-state index contributed by atoms with van der Waals surface area (Å²) in [5, 5.41) is 0. The highest BCUT2D eigenvalue weighted by Gasteiger charge is 2.25. The molecule has 0 atom stereocenters. The number of benzene rings is 1. The number of hydrogen-bond donors (Lipinski definition) is 1. The van der Waals surface area contributed by atoms with Crippen molar-refractivity contribution in [2.75, 3.05) is 41.0 Å². The van der Waals surface area contributed by atoms with Crippen LogP contribution in [0.5, 0.6) is 17.2 Å². The summed E-state index contributed by atoms with van der Waals surface area (Å²) in [5.74, 6) is 2.22. The van der Waals surface area contributed by atoms with E-state index in [9.17, 15) is 0 Å². The van der Waals surface area contributed by atoms with E-state index in [1.807, 2.05) is 0 Å². The highest BCUT2D eigenvalue weighted by Crippen LogP contribution is 2.43. The Morgan fingerprint density at radius 3 is 2.50 bits per heavy atom. The molecule has 5 nitrogen and oxygen atoms in total. The number of methoxy groups -OCH3 is 3. The van der Waals surface area contributed by atoms with Gasteiger partial charge in [-0.1, -0.05) is 0 Å². The Kier molecular flexibility index (Phi) is 5.09. The van der Waals surface area contributed by atoms with Gasteiger partial charge < -0.3 is 19.9 Å². The van der Waals surface area contributed by atoms with Gasteiger partial charge in [0.15, 0.2) is 11.5 Å². The van der Waals surface area contributed by atoms with Gasteiger partial charge in [0.1, 0.15) is 0 Å². The van der Waals surface area contributed by atoms with Gasteiger partial charge in [-0.05, 0) is 37.6 Å². The quantitative estimate of drug-likeness (QED) is 0.854. The average Bonchev–Trinajstić information content (AvgIpc) is 2.50. The third-order valence-electron chi connectivity index (χ3n) is 3.78. The first-order chi connectivity index (χ1) is 9.74. The highest BCUT2D eigenvalue weighted by atomic mass is 16.5. The van der Waals surface area contributed by atoms with Crippen LogP contribution in [0, 0.1) is 0 Å². The lowest BCUT2D eigenvalue weighted by Gasteiger charge is -2.30. The Labute approximate surface area is 120 Å². The monoisotopic (exact) mass is 280 g/mol. The van der Waals surface area contributed by atoms with Crippen molar-refractivity contribution in [3.05, 3.63) is 17.2 Å². The van der Waals surface area contributed by atoms with Gasteiger partial charge in [-0.25, -0.2) is 0 Å². The zero-order chi connectivity index (χ0) is 14.5. The number of rotatable bonds is 6. The van der Waals surface area contributed by atoms with Crippen molar-refractivity contribution in [1.29, 1.82) is 0 Å². The molecule has 0 saturated carbocycles. The topological polar surface area (TPSA) is 57.0 Å². The molecule has 1 aromatic carbocycles. The van der Waals surface area contributed by atoms with E-state index in [4.69, 9.17) is 19.9 Å². The maximum Gasteiger partial charge on any atom is 0.203 e. The molecule has 0 aliphatic carbocycles. The summed E-state index contributed by atoms with van der Waals surface area (Å²) in [6.45, 7) is 3.70. The molecule has 0 bridgehead atoms. The zero-order valence-corrected chi connectivity index (χ0v) is 12.6. The van der Waals surface area contributed by atoms with Crippen LogP contribution in [0.4, 0.5) is 0 Å². The Hall–Kier alpha value is -1.46. The van der Waals surface area contributed by atoms with Crippen molar-refractivity contribution < 1.29 is 14.2 Å². The molecule has 0 aromatic heterocycles. The first kappa shape index (κ1) is 14.9. The molecule has 5 heteroatoms. The van der Waals surface area contributed by atoms with Crippen LogP contribution in [0.15, 0.2) is 6.07 Å². The summed E-state index contributed by atoms with van der Waals surface area (Å²) in [5.41, 5.74) is 8.07. The van der Waals surface area contributed by atoms with Gasteiger partial charge in [0.05, 0.1) is 21.3 Å². The van der Waals surface area contributed by atoms with Gasteiger partial charge in [-0.3, -0.25) is 4.90 Å². The standard InChI is InChI=1S/C15H24N2O3/c1-18-13-9-11-10-17(7-4-6-16)8-5-12(11)14(19-2)15(13)20-3/h9H,4-8,10,16H2,1-3H3. The summed E-state index contributed by atoms with van der Waals surface area (Å²) in [6, 6.07) is 2.06. The van der Waals surface area contributed by atoms with E-state index in [2.05, 4.69) is 11.0 Å². The number of nitrogens with zero attached hydrogens (tertiary/aromatic N) is 1. The molecule has 0 fully saturated rings. The zero-order valence-electron chi connectivity index (χ0n) is 12.6. The normalized spacial score (nSPS) is 14.8. The van der Waals surface area contributed by atoms with E-state index in [1.54, 1.807) is 21.3 Å². The minimum Gasteiger partial charge on any atom is -0.493 e. The summed E-state index contributed by atoms with van der Waals surface area (Å²) in [4.78, 5) is 2.42. The fraction of sp³-hybridized carbons (Fsp3) is 0.600. The third-order valence-corrected chi connectivity index (χ3v) is 3.78. The van der Waals surface area contributed by atoms with Crippen molar-refractivity contribution in [1.82, 2.24) is 4.90 Å².